The zero-order valence-corrected chi connectivity index (χ0v) is 12.2. The Labute approximate surface area is 125 Å². The number of hydrazine groups is 1. The summed E-state index contributed by atoms with van der Waals surface area (Å²) in [5.41, 5.74) is -0.355. The van der Waals surface area contributed by atoms with Crippen LogP contribution in [0.1, 0.15) is 18.6 Å². The minimum atomic E-state index is -1.59. The lowest BCUT2D eigenvalue weighted by molar-refractivity contribution is -0.0643. The highest BCUT2D eigenvalue weighted by molar-refractivity contribution is 5.86. The van der Waals surface area contributed by atoms with Gasteiger partial charge in [0, 0.05) is 12.6 Å². The lowest BCUT2D eigenvalue weighted by Gasteiger charge is -2.25. The van der Waals surface area contributed by atoms with E-state index in [1.165, 1.54) is 24.5 Å². The van der Waals surface area contributed by atoms with Crippen LogP contribution in [0.2, 0.25) is 0 Å². The van der Waals surface area contributed by atoms with Gasteiger partial charge >= 0.3 is 0 Å². The van der Waals surface area contributed by atoms with Gasteiger partial charge in [0.25, 0.3) is 0 Å². The van der Waals surface area contributed by atoms with Gasteiger partial charge in [-0.1, -0.05) is 0 Å². The number of rotatable bonds is 3. The van der Waals surface area contributed by atoms with E-state index in [1.807, 2.05) is 0 Å². The van der Waals surface area contributed by atoms with Gasteiger partial charge in [0.1, 0.15) is 35.8 Å². The average Bonchev–Trinajstić information content (AvgIpc) is 2.99. The molecule has 9 nitrogen and oxygen atoms in total. The zero-order valence-electron chi connectivity index (χ0n) is 12.2. The van der Waals surface area contributed by atoms with Crippen molar-refractivity contribution in [2.24, 2.45) is 5.84 Å². The molecule has 9 heteroatoms. The predicted octanol–water partition coefficient (Wildman–Crippen LogP) is -0.923. The van der Waals surface area contributed by atoms with E-state index in [0.29, 0.717) is 22.5 Å². The fourth-order valence-electron chi connectivity index (χ4n) is 2.74. The highest BCUT2D eigenvalue weighted by atomic mass is 16.6. The number of nitrogens with two attached hydrogens (primary N) is 1. The molecule has 1 fully saturated rings. The monoisotopic (exact) mass is 310 g/mol. The summed E-state index contributed by atoms with van der Waals surface area (Å²) >= 11 is 0. The van der Waals surface area contributed by atoms with Gasteiger partial charge in [-0.3, -0.25) is 5.01 Å². The number of aromatic nitrogens is 2. The highest BCUT2D eigenvalue weighted by Crippen LogP contribution is 2.44. The molecule has 2 aromatic heterocycles. The van der Waals surface area contributed by atoms with Crippen molar-refractivity contribution in [3.8, 4) is 0 Å². The molecule has 1 aliphatic heterocycles. The van der Waals surface area contributed by atoms with Gasteiger partial charge in [-0.05, 0) is 6.92 Å². The van der Waals surface area contributed by atoms with Crippen LogP contribution in [0.4, 0.5) is 5.82 Å². The Morgan fingerprint density at radius 1 is 1.45 bits per heavy atom. The van der Waals surface area contributed by atoms with Gasteiger partial charge in [-0.2, -0.15) is 0 Å². The van der Waals surface area contributed by atoms with Crippen molar-refractivity contribution >= 4 is 16.9 Å². The molecule has 0 bridgehead atoms. The second kappa shape index (κ2) is 5.14. The molecule has 2 aromatic rings. The molecule has 5 N–H and O–H groups in total. The van der Waals surface area contributed by atoms with Crippen LogP contribution in [0.5, 0.6) is 0 Å². The molecule has 120 valence electrons. The van der Waals surface area contributed by atoms with Gasteiger partial charge in [0.15, 0.2) is 11.4 Å². The van der Waals surface area contributed by atoms with Crippen molar-refractivity contribution in [1.29, 1.82) is 0 Å². The fraction of sp³-hybridized carbons (Fsp3) is 0.538. The maximum Gasteiger partial charge on any atom is 0.196 e. The van der Waals surface area contributed by atoms with Gasteiger partial charge in [-0.15, -0.1) is 0 Å². The molecule has 0 aliphatic carbocycles. The summed E-state index contributed by atoms with van der Waals surface area (Å²) in [5, 5.41) is 31.1. The molecule has 4 atom stereocenters. The molecule has 0 aromatic carbocycles. The van der Waals surface area contributed by atoms with Crippen LogP contribution >= 0.6 is 0 Å². The van der Waals surface area contributed by atoms with Crippen molar-refractivity contribution in [3.63, 3.8) is 0 Å². The number of anilines is 1. The summed E-state index contributed by atoms with van der Waals surface area (Å²) in [6, 6.07) is 0. The third-order valence-corrected chi connectivity index (χ3v) is 3.95. The van der Waals surface area contributed by atoms with Crippen molar-refractivity contribution in [1.82, 2.24) is 9.97 Å². The lowest BCUT2D eigenvalue weighted by atomic mass is 9.89. The number of aliphatic hydroxyl groups excluding tert-OH is 2. The maximum absolute atomic E-state index is 10.5. The molecule has 22 heavy (non-hydrogen) atoms. The summed E-state index contributed by atoms with van der Waals surface area (Å²) in [5.74, 6) is 6.07. The van der Waals surface area contributed by atoms with Crippen molar-refractivity contribution in [2.75, 3.05) is 18.7 Å². The van der Waals surface area contributed by atoms with Crippen LogP contribution in [0.15, 0.2) is 17.0 Å². The SMILES string of the molecule is CN(N)c1ncnc2c([C@@H]3O[C@H](CO)[C@@H](O)[C@@]3(C)O)coc12. The lowest BCUT2D eigenvalue weighted by Crippen LogP contribution is -2.42. The van der Waals surface area contributed by atoms with E-state index in [0.717, 1.165) is 0 Å². The first-order valence-corrected chi connectivity index (χ1v) is 6.75. The summed E-state index contributed by atoms with van der Waals surface area (Å²) in [6.45, 7) is 1.03. The number of hydrogen-bond acceptors (Lipinski definition) is 9. The fourth-order valence-corrected chi connectivity index (χ4v) is 2.74. The molecule has 0 spiro atoms. The van der Waals surface area contributed by atoms with Crippen LogP contribution < -0.4 is 10.9 Å². The zero-order chi connectivity index (χ0) is 16.1. The van der Waals surface area contributed by atoms with E-state index in [4.69, 9.17) is 15.0 Å². The Balaban J connectivity index is 2.10. The van der Waals surface area contributed by atoms with E-state index < -0.39 is 30.5 Å². The van der Waals surface area contributed by atoms with Crippen molar-refractivity contribution < 1.29 is 24.5 Å². The van der Waals surface area contributed by atoms with Crippen molar-refractivity contribution in [2.45, 2.75) is 30.8 Å². The summed E-state index contributed by atoms with van der Waals surface area (Å²) < 4.78 is 11.0. The minimum absolute atomic E-state index is 0.351. The quantitative estimate of drug-likeness (QED) is 0.418. The number of nitrogens with zero attached hydrogens (tertiary/aromatic N) is 3. The smallest absolute Gasteiger partial charge is 0.196 e. The Morgan fingerprint density at radius 2 is 2.18 bits per heavy atom. The molecule has 3 rings (SSSR count). The second-order valence-corrected chi connectivity index (χ2v) is 5.58. The Kier molecular flexibility index (Phi) is 3.54. The first-order valence-electron chi connectivity index (χ1n) is 6.75. The summed E-state index contributed by atoms with van der Waals surface area (Å²) in [7, 11) is 1.61. The van der Waals surface area contributed by atoms with Crippen LogP contribution in [0.25, 0.3) is 11.1 Å². The van der Waals surface area contributed by atoms with Crippen LogP contribution in [0, 0.1) is 0 Å². The normalized spacial score (nSPS) is 31.8. The Bertz CT molecular complexity index is 686. The number of furan rings is 1. The number of hydrogen-bond donors (Lipinski definition) is 4. The molecule has 0 amide bonds. The highest BCUT2D eigenvalue weighted by Gasteiger charge is 2.53. The van der Waals surface area contributed by atoms with Crippen LogP contribution in [0.3, 0.4) is 0 Å². The Morgan fingerprint density at radius 3 is 2.77 bits per heavy atom. The number of aliphatic hydroxyl groups is 3. The maximum atomic E-state index is 10.5. The second-order valence-electron chi connectivity index (χ2n) is 5.58. The van der Waals surface area contributed by atoms with Crippen LogP contribution in [-0.4, -0.2) is 56.8 Å². The van der Waals surface area contributed by atoms with E-state index in [1.54, 1.807) is 7.05 Å². The molecule has 0 saturated carbocycles. The van der Waals surface area contributed by atoms with Gasteiger partial charge in [0.2, 0.25) is 0 Å². The summed E-state index contributed by atoms with van der Waals surface area (Å²) in [6.07, 6.45) is -0.303. The van der Waals surface area contributed by atoms with Gasteiger partial charge in [0.05, 0.1) is 12.9 Å². The third-order valence-electron chi connectivity index (χ3n) is 3.95. The molecular formula is C13H18N4O5. The van der Waals surface area contributed by atoms with Crippen LogP contribution in [-0.2, 0) is 4.74 Å². The third kappa shape index (κ3) is 2.06. The number of ether oxygens (including phenoxy) is 1. The van der Waals surface area contributed by atoms with E-state index in [9.17, 15) is 15.3 Å². The largest absolute Gasteiger partial charge is 0.458 e. The molecule has 3 heterocycles. The minimum Gasteiger partial charge on any atom is -0.458 e. The topological polar surface area (TPSA) is 138 Å². The van der Waals surface area contributed by atoms with E-state index in [-0.39, 0.29) is 0 Å². The first kappa shape index (κ1) is 15.1. The summed E-state index contributed by atoms with van der Waals surface area (Å²) in [4.78, 5) is 8.18. The van der Waals surface area contributed by atoms with E-state index >= 15 is 0 Å². The molecular weight excluding hydrogens is 292 g/mol. The number of fused-ring (bicyclic) bond motifs is 1. The van der Waals surface area contributed by atoms with Crippen molar-refractivity contribution in [3.05, 3.63) is 18.2 Å². The molecule has 1 saturated heterocycles. The standard InChI is InChI=1S/C13H18N4O5/c1-13(20)10(19)7(3-18)22-11(13)6-4-21-9-8(6)15-5-16-12(9)17(2)14/h4-5,7,10-11,18-20H,3,14H2,1-2H3/t7-,10-,11+,13-/m1/s1. The predicted molar refractivity (Wildman–Crippen MR) is 75.7 cm³/mol. The van der Waals surface area contributed by atoms with Gasteiger partial charge < -0.3 is 24.5 Å². The Hall–Kier alpha value is -1.78. The molecule has 1 aliphatic rings. The molecule has 0 unspecified atom stereocenters. The van der Waals surface area contributed by atoms with Gasteiger partial charge in [-0.25, -0.2) is 15.8 Å². The average molecular weight is 310 g/mol. The first-order chi connectivity index (χ1) is 10.4. The molecule has 0 radical (unpaired) electrons. The van der Waals surface area contributed by atoms with E-state index in [2.05, 4.69) is 9.97 Å².